The summed E-state index contributed by atoms with van der Waals surface area (Å²) < 4.78 is 6.97. The summed E-state index contributed by atoms with van der Waals surface area (Å²) in [5.74, 6) is -0.283. The number of carbonyl (C=O) groups excluding carboxylic acids is 1. The van der Waals surface area contributed by atoms with Gasteiger partial charge >= 0.3 is 5.97 Å². The lowest BCUT2D eigenvalue weighted by Crippen LogP contribution is -2.43. The first-order valence-corrected chi connectivity index (χ1v) is 13.1. The molecule has 2 aliphatic rings. The smallest absolute Gasteiger partial charge is 0.343 e. The van der Waals surface area contributed by atoms with Crippen molar-refractivity contribution in [1.82, 2.24) is 19.9 Å². The molecule has 2 aromatic carbocycles. The van der Waals surface area contributed by atoms with E-state index in [1.165, 1.54) is 17.3 Å². The lowest BCUT2D eigenvalue weighted by molar-refractivity contribution is 0.0524. The van der Waals surface area contributed by atoms with E-state index in [9.17, 15) is 9.59 Å². The standard InChI is InChI=1S/C29H30N6O3/c1-2-38-28(37)25-18-35(23-10-9-19-5-3-6-20(19)15-23)27-24(26(25)36)17-31-29(33-27)32-21-7-4-8-22(16-21)34-13-11-30-12-14-34/h4,7-10,15-18,30H,2-3,5-6,11-14H2,1H3,(H,31,32,33). The summed E-state index contributed by atoms with van der Waals surface area (Å²) >= 11 is 0. The number of anilines is 3. The summed E-state index contributed by atoms with van der Waals surface area (Å²) in [6, 6.07) is 14.4. The second-order valence-corrected chi connectivity index (χ2v) is 9.61. The van der Waals surface area contributed by atoms with E-state index in [2.05, 4.69) is 44.8 Å². The highest BCUT2D eigenvalue weighted by Gasteiger charge is 2.20. The Morgan fingerprint density at radius 2 is 1.92 bits per heavy atom. The van der Waals surface area contributed by atoms with Crippen LogP contribution in [0, 0.1) is 0 Å². The van der Waals surface area contributed by atoms with Crippen LogP contribution in [0.1, 0.15) is 34.8 Å². The monoisotopic (exact) mass is 510 g/mol. The number of pyridine rings is 1. The minimum absolute atomic E-state index is 0.0344. The Balaban J connectivity index is 1.43. The van der Waals surface area contributed by atoms with Crippen molar-refractivity contribution in [2.24, 2.45) is 0 Å². The second-order valence-electron chi connectivity index (χ2n) is 9.61. The van der Waals surface area contributed by atoms with E-state index in [-0.39, 0.29) is 17.6 Å². The number of rotatable bonds is 6. The third-order valence-electron chi connectivity index (χ3n) is 7.18. The predicted octanol–water partition coefficient (Wildman–Crippen LogP) is 3.60. The molecule has 0 bridgehead atoms. The largest absolute Gasteiger partial charge is 0.462 e. The third kappa shape index (κ3) is 4.61. The SMILES string of the molecule is CCOC(=O)c1cn(-c2ccc3c(c2)CCC3)c2nc(Nc3cccc(N4CCNCC4)c3)ncc2c1=O. The highest BCUT2D eigenvalue weighted by atomic mass is 16.5. The third-order valence-corrected chi connectivity index (χ3v) is 7.18. The van der Waals surface area contributed by atoms with E-state index in [4.69, 9.17) is 9.72 Å². The molecule has 3 heterocycles. The molecular weight excluding hydrogens is 480 g/mol. The van der Waals surface area contributed by atoms with E-state index < -0.39 is 11.4 Å². The molecule has 9 nitrogen and oxygen atoms in total. The zero-order valence-corrected chi connectivity index (χ0v) is 21.4. The van der Waals surface area contributed by atoms with Gasteiger partial charge in [-0.1, -0.05) is 12.1 Å². The number of fused-ring (bicyclic) bond motifs is 2. The fourth-order valence-electron chi connectivity index (χ4n) is 5.26. The van der Waals surface area contributed by atoms with Crippen molar-refractivity contribution in [3.05, 3.63) is 81.8 Å². The van der Waals surface area contributed by atoms with Gasteiger partial charge in [0.2, 0.25) is 11.4 Å². The molecule has 9 heteroatoms. The molecule has 0 unspecified atom stereocenters. The number of nitrogens with zero attached hydrogens (tertiary/aromatic N) is 4. The molecule has 38 heavy (non-hydrogen) atoms. The van der Waals surface area contributed by atoms with Gasteiger partial charge in [0.1, 0.15) is 5.56 Å². The van der Waals surface area contributed by atoms with Gasteiger partial charge in [-0.05, 0) is 67.6 Å². The number of esters is 1. The maximum absolute atomic E-state index is 13.3. The summed E-state index contributed by atoms with van der Waals surface area (Å²) in [7, 11) is 0. The van der Waals surface area contributed by atoms with E-state index >= 15 is 0 Å². The first-order valence-electron chi connectivity index (χ1n) is 13.1. The average Bonchev–Trinajstić information content (AvgIpc) is 3.42. The number of piperazine rings is 1. The van der Waals surface area contributed by atoms with Crippen LogP contribution in [0.5, 0.6) is 0 Å². The highest BCUT2D eigenvalue weighted by Crippen LogP contribution is 2.27. The Labute approximate surface area is 220 Å². The zero-order chi connectivity index (χ0) is 26.1. The molecule has 0 saturated carbocycles. The molecule has 6 rings (SSSR count). The van der Waals surface area contributed by atoms with Crippen molar-refractivity contribution in [1.29, 1.82) is 0 Å². The predicted molar refractivity (Wildman–Crippen MR) is 148 cm³/mol. The maximum Gasteiger partial charge on any atom is 0.343 e. The van der Waals surface area contributed by atoms with Gasteiger partial charge in [0, 0.05) is 55.6 Å². The lowest BCUT2D eigenvalue weighted by atomic mass is 10.1. The molecule has 1 aliphatic carbocycles. The molecule has 1 aliphatic heterocycles. The van der Waals surface area contributed by atoms with E-state index in [0.717, 1.165) is 62.5 Å². The van der Waals surface area contributed by atoms with Crippen LogP contribution in [0.25, 0.3) is 16.7 Å². The Morgan fingerprint density at radius 1 is 1.08 bits per heavy atom. The number of nitrogens with one attached hydrogen (secondary N) is 2. The molecule has 4 aromatic rings. The minimum Gasteiger partial charge on any atom is -0.462 e. The van der Waals surface area contributed by atoms with Gasteiger partial charge in [-0.2, -0.15) is 4.98 Å². The van der Waals surface area contributed by atoms with Crippen LogP contribution in [0.2, 0.25) is 0 Å². The Hall–Kier alpha value is -4.24. The molecule has 1 saturated heterocycles. The van der Waals surface area contributed by atoms with Crippen molar-refractivity contribution in [3.63, 3.8) is 0 Å². The highest BCUT2D eigenvalue weighted by molar-refractivity contribution is 5.93. The number of aromatic nitrogens is 3. The topological polar surface area (TPSA) is 101 Å². The molecule has 0 atom stereocenters. The van der Waals surface area contributed by atoms with Gasteiger partial charge in [-0.15, -0.1) is 0 Å². The van der Waals surface area contributed by atoms with Crippen molar-refractivity contribution in [3.8, 4) is 5.69 Å². The van der Waals surface area contributed by atoms with Crippen LogP contribution in [-0.4, -0.2) is 53.3 Å². The molecule has 0 amide bonds. The number of hydrogen-bond acceptors (Lipinski definition) is 8. The number of carbonyl (C=O) groups is 1. The average molecular weight is 511 g/mol. The quantitative estimate of drug-likeness (QED) is 0.380. The minimum atomic E-state index is -0.652. The van der Waals surface area contributed by atoms with E-state index in [1.54, 1.807) is 17.7 Å². The zero-order valence-electron chi connectivity index (χ0n) is 21.4. The molecular formula is C29H30N6O3. The summed E-state index contributed by atoms with van der Waals surface area (Å²) in [6.07, 6.45) is 6.23. The summed E-state index contributed by atoms with van der Waals surface area (Å²) in [5, 5.41) is 6.94. The number of ether oxygens (including phenoxy) is 1. The number of hydrogen-bond donors (Lipinski definition) is 2. The van der Waals surface area contributed by atoms with Crippen LogP contribution in [0.3, 0.4) is 0 Å². The van der Waals surface area contributed by atoms with Crippen molar-refractivity contribution < 1.29 is 9.53 Å². The Morgan fingerprint density at radius 3 is 2.76 bits per heavy atom. The molecule has 1 fully saturated rings. The molecule has 194 valence electrons. The van der Waals surface area contributed by atoms with Gasteiger partial charge in [-0.3, -0.25) is 4.79 Å². The van der Waals surface area contributed by atoms with Gasteiger partial charge in [0.05, 0.1) is 12.0 Å². The van der Waals surface area contributed by atoms with Crippen LogP contribution >= 0.6 is 0 Å². The van der Waals surface area contributed by atoms with Crippen LogP contribution < -0.4 is 21.0 Å². The number of aryl methyl sites for hydroxylation is 2. The first-order chi connectivity index (χ1) is 18.6. The van der Waals surface area contributed by atoms with Gasteiger partial charge in [-0.25, -0.2) is 9.78 Å². The molecule has 0 radical (unpaired) electrons. The fraction of sp³-hybridized carbons (Fsp3) is 0.310. The summed E-state index contributed by atoms with van der Waals surface area (Å²) in [5.41, 5.74) is 5.40. The van der Waals surface area contributed by atoms with Crippen molar-refractivity contribution >= 4 is 34.3 Å². The molecule has 2 aromatic heterocycles. The summed E-state index contributed by atoms with van der Waals surface area (Å²) in [6.45, 7) is 5.72. The normalized spacial score (nSPS) is 14.9. The van der Waals surface area contributed by atoms with Gasteiger partial charge in [0.25, 0.3) is 0 Å². The van der Waals surface area contributed by atoms with E-state index in [0.29, 0.717) is 11.6 Å². The van der Waals surface area contributed by atoms with E-state index in [1.807, 2.05) is 18.2 Å². The number of benzene rings is 2. The van der Waals surface area contributed by atoms with Crippen LogP contribution in [0.4, 0.5) is 17.3 Å². The van der Waals surface area contributed by atoms with Gasteiger partial charge in [0.15, 0.2) is 5.65 Å². The van der Waals surface area contributed by atoms with Gasteiger partial charge < -0.3 is 24.8 Å². The van der Waals surface area contributed by atoms with Crippen LogP contribution in [0.15, 0.2) is 59.7 Å². The molecule has 2 N–H and O–H groups in total. The lowest BCUT2D eigenvalue weighted by Gasteiger charge is -2.29. The van der Waals surface area contributed by atoms with Crippen molar-refractivity contribution in [2.45, 2.75) is 26.2 Å². The second kappa shape index (κ2) is 10.3. The fourth-order valence-corrected chi connectivity index (χ4v) is 5.26. The van der Waals surface area contributed by atoms with Crippen LogP contribution in [-0.2, 0) is 17.6 Å². The van der Waals surface area contributed by atoms with Crippen molar-refractivity contribution in [2.75, 3.05) is 43.0 Å². The Bertz CT molecular complexity index is 1570. The molecule has 0 spiro atoms. The first kappa shape index (κ1) is 24.1. The summed E-state index contributed by atoms with van der Waals surface area (Å²) in [4.78, 5) is 37.5. The maximum atomic E-state index is 13.3. The Kier molecular flexibility index (Phi) is 6.51.